The van der Waals surface area contributed by atoms with Crippen LogP contribution in [0.3, 0.4) is 0 Å². The Labute approximate surface area is 395 Å². The van der Waals surface area contributed by atoms with Crippen molar-refractivity contribution in [3.63, 3.8) is 0 Å². The quantitative estimate of drug-likeness (QED) is 0.144. The van der Waals surface area contributed by atoms with Crippen LogP contribution < -0.4 is 0 Å². The van der Waals surface area contributed by atoms with Crippen LogP contribution in [-0.2, 0) is 0 Å². The second-order valence-corrected chi connectivity index (χ2v) is 17.6. The van der Waals surface area contributed by atoms with Gasteiger partial charge in [-0.05, 0) is 104 Å². The molecule has 0 amide bonds. The molecule has 2 nitrogen and oxygen atoms in total. The van der Waals surface area contributed by atoms with Gasteiger partial charge in [0.2, 0.25) is 0 Å². The minimum Gasteiger partial charge on any atom is -0.309 e. The summed E-state index contributed by atoms with van der Waals surface area (Å²) in [6.07, 6.45) is 0. The van der Waals surface area contributed by atoms with Crippen molar-refractivity contribution in [2.24, 2.45) is 0 Å². The van der Waals surface area contributed by atoms with Crippen molar-refractivity contribution in [1.29, 1.82) is 0 Å². The Kier molecular flexibility index (Phi) is 9.54. The molecular weight excluding hydrogens is 821 g/mol. The SMILES string of the molecule is c1ccc(-c2ccc(-n3c4ccc(-c5ccc6c(c5)c5c(-c7ccccc7)ccc(-c7ccccc7)c5n6-c5ccccc5)cc4c4c(-c5ccccc5)ccc(-c5ccccc5)c43)cc2)cc1. The Morgan fingerprint density at radius 2 is 0.500 bits per heavy atom. The van der Waals surface area contributed by atoms with Crippen LogP contribution in [0.25, 0.3) is 122 Å². The smallest absolute Gasteiger partial charge is 0.0625 e. The third-order valence-corrected chi connectivity index (χ3v) is 13.7. The average Bonchev–Trinajstić information content (AvgIpc) is 3.95. The van der Waals surface area contributed by atoms with Gasteiger partial charge in [0.15, 0.2) is 0 Å². The van der Waals surface area contributed by atoms with Crippen LogP contribution >= 0.6 is 0 Å². The van der Waals surface area contributed by atoms with Crippen molar-refractivity contribution >= 4 is 43.6 Å². The Morgan fingerprint density at radius 3 is 0.897 bits per heavy atom. The van der Waals surface area contributed by atoms with Gasteiger partial charge in [-0.3, -0.25) is 0 Å². The lowest BCUT2D eigenvalue weighted by Crippen LogP contribution is -1.96. The highest BCUT2D eigenvalue weighted by atomic mass is 15.0. The zero-order valence-electron chi connectivity index (χ0n) is 37.3. The van der Waals surface area contributed by atoms with E-state index in [0.717, 1.165) is 16.9 Å². The molecular formula is C66H44N2. The predicted molar refractivity (Wildman–Crippen MR) is 288 cm³/mol. The van der Waals surface area contributed by atoms with Gasteiger partial charge in [-0.15, -0.1) is 0 Å². The van der Waals surface area contributed by atoms with Gasteiger partial charge in [-0.25, -0.2) is 0 Å². The molecule has 0 atom stereocenters. The number of hydrogen-bond acceptors (Lipinski definition) is 0. The molecule has 0 radical (unpaired) electrons. The normalized spacial score (nSPS) is 11.5. The summed E-state index contributed by atoms with van der Waals surface area (Å²) < 4.78 is 4.96. The molecule has 0 aliphatic heterocycles. The first-order chi connectivity index (χ1) is 33.8. The summed E-state index contributed by atoms with van der Waals surface area (Å²) >= 11 is 0. The Bertz CT molecular complexity index is 3950. The topological polar surface area (TPSA) is 9.86 Å². The molecule has 318 valence electrons. The van der Waals surface area contributed by atoms with Gasteiger partial charge in [0.25, 0.3) is 0 Å². The fraction of sp³-hybridized carbons (Fsp3) is 0. The van der Waals surface area contributed by atoms with Crippen LogP contribution in [0.15, 0.2) is 267 Å². The monoisotopic (exact) mass is 864 g/mol. The van der Waals surface area contributed by atoms with Crippen molar-refractivity contribution in [1.82, 2.24) is 9.13 Å². The summed E-state index contributed by atoms with van der Waals surface area (Å²) in [5.41, 5.74) is 21.3. The highest BCUT2D eigenvalue weighted by molar-refractivity contribution is 6.22. The molecule has 68 heavy (non-hydrogen) atoms. The van der Waals surface area contributed by atoms with Crippen molar-refractivity contribution in [3.8, 4) is 78.1 Å². The van der Waals surface area contributed by atoms with Crippen molar-refractivity contribution in [2.45, 2.75) is 0 Å². The summed E-state index contributed by atoms with van der Waals surface area (Å²) in [6, 6.07) is 97.5. The summed E-state index contributed by atoms with van der Waals surface area (Å²) in [4.78, 5) is 0. The molecule has 0 spiro atoms. The van der Waals surface area contributed by atoms with E-state index >= 15 is 0 Å². The molecule has 0 bridgehead atoms. The third-order valence-electron chi connectivity index (χ3n) is 13.7. The summed E-state index contributed by atoms with van der Waals surface area (Å²) in [5.74, 6) is 0. The van der Waals surface area contributed by atoms with Crippen LogP contribution in [-0.4, -0.2) is 9.13 Å². The van der Waals surface area contributed by atoms with Crippen molar-refractivity contribution < 1.29 is 0 Å². The molecule has 0 fully saturated rings. The summed E-state index contributed by atoms with van der Waals surface area (Å²) in [5, 5.41) is 4.91. The molecule has 2 heteroatoms. The minimum atomic E-state index is 1.12. The molecule has 0 saturated heterocycles. The van der Waals surface area contributed by atoms with E-state index in [1.54, 1.807) is 0 Å². The van der Waals surface area contributed by atoms with Gasteiger partial charge in [0.1, 0.15) is 0 Å². The van der Waals surface area contributed by atoms with Gasteiger partial charge in [0.05, 0.1) is 22.1 Å². The zero-order chi connectivity index (χ0) is 45.0. The molecule has 0 unspecified atom stereocenters. The van der Waals surface area contributed by atoms with E-state index in [0.29, 0.717) is 0 Å². The summed E-state index contributed by atoms with van der Waals surface area (Å²) in [6.45, 7) is 0. The van der Waals surface area contributed by atoms with E-state index in [1.807, 2.05) is 0 Å². The number of hydrogen-bond donors (Lipinski definition) is 0. The lowest BCUT2D eigenvalue weighted by atomic mass is 9.92. The van der Waals surface area contributed by atoms with E-state index in [9.17, 15) is 0 Å². The summed E-state index contributed by atoms with van der Waals surface area (Å²) in [7, 11) is 0. The number of aromatic nitrogens is 2. The van der Waals surface area contributed by atoms with Crippen molar-refractivity contribution in [2.75, 3.05) is 0 Å². The number of nitrogens with zero attached hydrogens (tertiary/aromatic N) is 2. The van der Waals surface area contributed by atoms with Gasteiger partial charge in [-0.2, -0.15) is 0 Å². The molecule has 0 aliphatic carbocycles. The molecule has 11 aromatic carbocycles. The third kappa shape index (κ3) is 6.57. The highest BCUT2D eigenvalue weighted by Gasteiger charge is 2.24. The van der Waals surface area contributed by atoms with Crippen LogP contribution in [0.1, 0.15) is 0 Å². The maximum Gasteiger partial charge on any atom is 0.0625 e. The minimum absolute atomic E-state index is 1.12. The maximum absolute atomic E-state index is 2.49. The Hall–Kier alpha value is -8.98. The van der Waals surface area contributed by atoms with E-state index in [-0.39, 0.29) is 0 Å². The van der Waals surface area contributed by atoms with Crippen LogP contribution in [0.4, 0.5) is 0 Å². The number of benzene rings is 11. The second-order valence-electron chi connectivity index (χ2n) is 17.6. The first kappa shape index (κ1) is 39.4. The largest absolute Gasteiger partial charge is 0.309 e. The van der Waals surface area contributed by atoms with Crippen LogP contribution in [0.5, 0.6) is 0 Å². The molecule has 2 aromatic heterocycles. The van der Waals surface area contributed by atoms with E-state index in [1.165, 1.54) is 105 Å². The first-order valence-corrected chi connectivity index (χ1v) is 23.4. The fourth-order valence-corrected chi connectivity index (χ4v) is 10.6. The first-order valence-electron chi connectivity index (χ1n) is 23.4. The standard InChI is InChI=1S/C66H44N2/c1-7-19-45(20-8-1)46-31-35-54(36-32-46)68-62-42-34-52(44-60(62)64-56(48-23-11-3-12-24-48)38-40-58(66(64)68)50-27-15-5-16-28-50)51-33-41-61-59(43-51)63-55(47-21-9-2-10-22-47)37-39-57(49-25-13-4-14-26-49)65(63)67(61)53-29-17-6-18-30-53/h1-44H. The average molecular weight is 865 g/mol. The molecule has 0 saturated carbocycles. The van der Waals surface area contributed by atoms with Crippen LogP contribution in [0.2, 0.25) is 0 Å². The molecule has 0 N–H and O–H groups in total. The molecule has 0 aliphatic rings. The fourth-order valence-electron chi connectivity index (χ4n) is 10.6. The van der Waals surface area contributed by atoms with E-state index in [4.69, 9.17) is 0 Å². The number of para-hydroxylation sites is 1. The van der Waals surface area contributed by atoms with Crippen molar-refractivity contribution in [3.05, 3.63) is 267 Å². The Morgan fingerprint density at radius 1 is 0.206 bits per heavy atom. The van der Waals surface area contributed by atoms with Crippen LogP contribution in [0, 0.1) is 0 Å². The molecule has 13 rings (SSSR count). The predicted octanol–water partition coefficient (Wildman–Crippen LogP) is 17.9. The highest BCUT2D eigenvalue weighted by Crippen LogP contribution is 2.47. The molecule has 2 heterocycles. The Balaban J connectivity index is 1.10. The van der Waals surface area contributed by atoms with Gasteiger partial charge in [0, 0.05) is 44.0 Å². The maximum atomic E-state index is 2.49. The second kappa shape index (κ2) is 16.5. The van der Waals surface area contributed by atoms with E-state index in [2.05, 4.69) is 276 Å². The lowest BCUT2D eigenvalue weighted by Gasteiger charge is -2.14. The lowest BCUT2D eigenvalue weighted by molar-refractivity contribution is 1.18. The number of rotatable bonds is 8. The molecule has 13 aromatic rings. The zero-order valence-corrected chi connectivity index (χ0v) is 37.3. The van der Waals surface area contributed by atoms with Gasteiger partial charge < -0.3 is 9.13 Å². The van der Waals surface area contributed by atoms with Gasteiger partial charge in [-0.1, -0.05) is 218 Å². The number of fused-ring (bicyclic) bond motifs is 6. The van der Waals surface area contributed by atoms with E-state index < -0.39 is 0 Å². The van der Waals surface area contributed by atoms with Gasteiger partial charge >= 0.3 is 0 Å².